The molecule has 0 spiro atoms. The fourth-order valence-electron chi connectivity index (χ4n) is 3.17. The van der Waals surface area contributed by atoms with Crippen LogP contribution >= 0.6 is 0 Å². The van der Waals surface area contributed by atoms with Crippen LogP contribution in [0.5, 0.6) is 5.75 Å². The molecule has 0 radical (unpaired) electrons. The van der Waals surface area contributed by atoms with E-state index in [0.29, 0.717) is 30.0 Å². The van der Waals surface area contributed by atoms with E-state index in [1.54, 1.807) is 30.3 Å². The van der Waals surface area contributed by atoms with Gasteiger partial charge in [0.2, 0.25) is 5.91 Å². The van der Waals surface area contributed by atoms with Gasteiger partial charge in [0.25, 0.3) is 5.97 Å². The molecular formula is C20H23N5O4. The van der Waals surface area contributed by atoms with Crippen molar-refractivity contribution < 1.29 is 19.8 Å². The van der Waals surface area contributed by atoms with Gasteiger partial charge in [-0.1, -0.05) is 12.1 Å². The number of aliphatic carboxylic acids is 1. The average molecular weight is 397 g/mol. The van der Waals surface area contributed by atoms with Gasteiger partial charge in [-0.15, -0.1) is 0 Å². The molecule has 1 fully saturated rings. The summed E-state index contributed by atoms with van der Waals surface area (Å²) in [6.45, 7) is 2.22. The Morgan fingerprint density at radius 1 is 1.34 bits per heavy atom. The Labute approximate surface area is 168 Å². The second-order valence-corrected chi connectivity index (χ2v) is 6.62. The number of anilines is 2. The molecule has 2 aromatic rings. The smallest absolute Gasteiger partial charge is 0.300 e. The van der Waals surface area contributed by atoms with Crippen LogP contribution < -0.4 is 16.4 Å². The van der Waals surface area contributed by atoms with Crippen molar-refractivity contribution in [1.29, 1.82) is 5.26 Å². The lowest BCUT2D eigenvalue weighted by atomic mass is 9.96. The maximum Gasteiger partial charge on any atom is 0.300 e. The van der Waals surface area contributed by atoms with Crippen molar-refractivity contribution in [2.24, 2.45) is 11.7 Å². The topological polar surface area (TPSA) is 167 Å². The number of primary amides is 1. The van der Waals surface area contributed by atoms with Crippen molar-refractivity contribution in [3.05, 3.63) is 35.9 Å². The molecule has 1 atom stereocenters. The van der Waals surface area contributed by atoms with Crippen molar-refractivity contribution in [3.63, 3.8) is 0 Å². The van der Waals surface area contributed by atoms with Gasteiger partial charge in [0.1, 0.15) is 23.2 Å². The Balaban J connectivity index is 0.000000687. The van der Waals surface area contributed by atoms with E-state index < -0.39 is 5.97 Å². The Morgan fingerprint density at radius 3 is 2.59 bits per heavy atom. The molecule has 9 nitrogen and oxygen atoms in total. The van der Waals surface area contributed by atoms with E-state index in [1.165, 1.54) is 0 Å². The van der Waals surface area contributed by atoms with Gasteiger partial charge in [-0.3, -0.25) is 9.59 Å². The van der Waals surface area contributed by atoms with Crippen molar-refractivity contribution in [3.8, 4) is 23.1 Å². The number of aromatic hydroxyl groups is 1. The first-order valence-electron chi connectivity index (χ1n) is 8.97. The van der Waals surface area contributed by atoms with E-state index in [1.807, 2.05) is 4.90 Å². The van der Waals surface area contributed by atoms with Crippen LogP contribution in [0.15, 0.2) is 30.3 Å². The first-order valence-corrected chi connectivity index (χ1v) is 8.97. The third-order valence-corrected chi connectivity index (χ3v) is 4.48. The van der Waals surface area contributed by atoms with Crippen molar-refractivity contribution >= 4 is 23.4 Å². The maximum absolute atomic E-state index is 11.5. The van der Waals surface area contributed by atoms with Crippen LogP contribution in [0, 0.1) is 17.2 Å². The molecule has 29 heavy (non-hydrogen) atoms. The number of carboxylic acid groups (broad SMARTS) is 1. The van der Waals surface area contributed by atoms with E-state index >= 15 is 0 Å². The fourth-order valence-corrected chi connectivity index (χ4v) is 3.17. The molecule has 1 aromatic carbocycles. The Hall–Kier alpha value is -3.80. The highest BCUT2D eigenvalue weighted by Crippen LogP contribution is 2.35. The fraction of sp³-hybridized carbons (Fsp3) is 0.300. The molecule has 1 aliphatic rings. The predicted octanol–water partition coefficient (Wildman–Crippen LogP) is 1.70. The zero-order valence-electron chi connectivity index (χ0n) is 16.0. The predicted molar refractivity (Wildman–Crippen MR) is 108 cm³/mol. The largest absolute Gasteiger partial charge is 0.507 e. The molecule has 0 aliphatic carbocycles. The van der Waals surface area contributed by atoms with Gasteiger partial charge >= 0.3 is 0 Å². The number of nitrogens with zero attached hydrogens (tertiary/aromatic N) is 3. The number of hydrogen-bond donors (Lipinski definition) is 4. The number of carbonyl (C=O) groups excluding carboxylic acids is 1. The van der Waals surface area contributed by atoms with Gasteiger partial charge in [-0.05, 0) is 31.0 Å². The van der Waals surface area contributed by atoms with E-state index in [2.05, 4.69) is 11.1 Å². The van der Waals surface area contributed by atoms with Gasteiger partial charge in [0.15, 0.2) is 0 Å². The second-order valence-electron chi connectivity index (χ2n) is 6.62. The summed E-state index contributed by atoms with van der Waals surface area (Å²) in [6.07, 6.45) is 1.53. The first-order chi connectivity index (χ1) is 13.7. The number of phenols is 1. The number of phenolic OH excluding ortho intramolecular Hbond substituents is 1. The van der Waals surface area contributed by atoms with Gasteiger partial charge in [-0.2, -0.15) is 5.26 Å². The van der Waals surface area contributed by atoms with Crippen LogP contribution in [0.4, 0.5) is 11.5 Å². The molecule has 1 unspecified atom stereocenters. The number of nitriles is 1. The number of nitrogens with two attached hydrogens (primary N) is 2. The second kappa shape index (κ2) is 9.41. The summed E-state index contributed by atoms with van der Waals surface area (Å²) >= 11 is 0. The molecule has 1 saturated heterocycles. The van der Waals surface area contributed by atoms with E-state index in [0.717, 1.165) is 19.8 Å². The average Bonchev–Trinajstić information content (AvgIpc) is 2.67. The Bertz CT molecular complexity index is 950. The van der Waals surface area contributed by atoms with Gasteiger partial charge in [0, 0.05) is 25.6 Å². The minimum Gasteiger partial charge on any atom is -0.507 e. The van der Waals surface area contributed by atoms with Gasteiger partial charge in [-0.25, -0.2) is 4.98 Å². The summed E-state index contributed by atoms with van der Waals surface area (Å²) in [7, 11) is 0. The van der Waals surface area contributed by atoms with Crippen LogP contribution in [-0.2, 0) is 9.59 Å². The number of pyridine rings is 1. The van der Waals surface area contributed by atoms with Crippen molar-refractivity contribution in [2.75, 3.05) is 23.7 Å². The molecule has 2 heterocycles. The molecule has 9 heteroatoms. The van der Waals surface area contributed by atoms with Crippen LogP contribution in [0.2, 0.25) is 0 Å². The summed E-state index contributed by atoms with van der Waals surface area (Å²) in [5.74, 6) is -1.26. The lowest BCUT2D eigenvalue weighted by Gasteiger charge is -2.33. The van der Waals surface area contributed by atoms with Gasteiger partial charge < -0.3 is 26.6 Å². The lowest BCUT2D eigenvalue weighted by Crippen LogP contribution is -2.41. The summed E-state index contributed by atoms with van der Waals surface area (Å²) in [5.41, 5.74) is 13.3. The highest BCUT2D eigenvalue weighted by Gasteiger charge is 2.27. The maximum atomic E-state index is 11.5. The molecule has 6 N–H and O–H groups in total. The highest BCUT2D eigenvalue weighted by molar-refractivity contribution is 5.80. The summed E-state index contributed by atoms with van der Waals surface area (Å²) < 4.78 is 0. The summed E-state index contributed by atoms with van der Waals surface area (Å²) in [4.78, 5) is 26.8. The van der Waals surface area contributed by atoms with Crippen LogP contribution in [0.3, 0.4) is 0 Å². The molecule has 1 aromatic heterocycles. The van der Waals surface area contributed by atoms with Crippen LogP contribution in [0.25, 0.3) is 11.3 Å². The third-order valence-electron chi connectivity index (χ3n) is 4.48. The number of carbonyl (C=O) groups is 2. The Morgan fingerprint density at radius 2 is 2.00 bits per heavy atom. The van der Waals surface area contributed by atoms with Crippen molar-refractivity contribution in [2.45, 2.75) is 19.8 Å². The van der Waals surface area contributed by atoms with E-state index in [9.17, 15) is 15.2 Å². The minimum atomic E-state index is -0.833. The monoisotopic (exact) mass is 397 g/mol. The summed E-state index contributed by atoms with van der Waals surface area (Å²) in [6, 6.07) is 10.6. The Kier molecular flexibility index (Phi) is 6.98. The highest BCUT2D eigenvalue weighted by atomic mass is 16.4. The number of para-hydroxylation sites is 1. The number of hydrogen-bond acceptors (Lipinski definition) is 7. The SMILES string of the molecule is CC(=O)O.N#Cc1c(N2CCCC(C(N)=O)C2)cc(-c2ccccc2O)nc1N. The number of carboxylic acids is 1. The normalized spacial score (nSPS) is 15.6. The lowest BCUT2D eigenvalue weighted by molar-refractivity contribution is -0.134. The molecular weight excluding hydrogens is 374 g/mol. The third kappa shape index (κ3) is 5.35. The summed E-state index contributed by atoms with van der Waals surface area (Å²) in [5, 5.41) is 27.0. The number of aromatic nitrogens is 1. The van der Waals surface area contributed by atoms with E-state index in [-0.39, 0.29) is 29.0 Å². The van der Waals surface area contributed by atoms with Gasteiger partial charge in [0.05, 0.1) is 17.3 Å². The first kappa shape index (κ1) is 21.5. The molecule has 1 aliphatic heterocycles. The standard InChI is InChI=1S/C18H19N5O2.C2H4O2/c19-9-13-15(23-7-3-4-11(10-23)18(21)25)8-14(22-17(13)20)12-5-1-2-6-16(12)24;1-2(3)4/h1-2,5-6,8,11,24H,3-4,7,10H2,(H2,20,22)(H2,21,25);1H3,(H,3,4). The number of amides is 1. The molecule has 1 amide bonds. The zero-order chi connectivity index (χ0) is 21.6. The number of piperidine rings is 1. The number of benzene rings is 1. The quantitative estimate of drug-likeness (QED) is 0.607. The molecule has 0 bridgehead atoms. The molecule has 3 rings (SSSR count). The zero-order valence-corrected chi connectivity index (χ0v) is 16.0. The van der Waals surface area contributed by atoms with Crippen LogP contribution in [-0.4, -0.2) is 40.2 Å². The minimum absolute atomic E-state index is 0.0821. The van der Waals surface area contributed by atoms with Crippen molar-refractivity contribution in [1.82, 2.24) is 4.98 Å². The van der Waals surface area contributed by atoms with E-state index in [4.69, 9.17) is 21.4 Å². The number of nitrogen functional groups attached to an aromatic ring is 1. The molecule has 152 valence electrons. The van der Waals surface area contributed by atoms with Crippen LogP contribution in [0.1, 0.15) is 25.3 Å². The molecule has 0 saturated carbocycles. The number of rotatable bonds is 3.